The minimum Gasteiger partial charge on any atom is -0.379 e. The number of aromatic nitrogens is 2. The summed E-state index contributed by atoms with van der Waals surface area (Å²) in [6.07, 6.45) is 0.845. The zero-order chi connectivity index (χ0) is 23.5. The summed E-state index contributed by atoms with van der Waals surface area (Å²) in [6, 6.07) is 32.0. The molecule has 170 valence electrons. The highest BCUT2D eigenvalue weighted by Crippen LogP contribution is 2.28. The van der Waals surface area contributed by atoms with Crippen molar-refractivity contribution in [3.8, 4) is 17.1 Å². The molecule has 5 aromatic rings. The van der Waals surface area contributed by atoms with Gasteiger partial charge in [0.25, 0.3) is 0 Å². The lowest BCUT2D eigenvalue weighted by Crippen LogP contribution is -2.09. The van der Waals surface area contributed by atoms with Gasteiger partial charge >= 0.3 is 10.1 Å². The normalized spacial score (nSPS) is 11.6. The summed E-state index contributed by atoms with van der Waals surface area (Å²) in [4.78, 5) is 4.99. The van der Waals surface area contributed by atoms with Crippen LogP contribution in [-0.4, -0.2) is 18.0 Å². The molecule has 6 heteroatoms. The number of hydrogen-bond donors (Lipinski definition) is 0. The molecule has 0 amide bonds. The third-order valence-corrected chi connectivity index (χ3v) is 7.04. The minimum atomic E-state index is -3.91. The second-order valence-electron chi connectivity index (χ2n) is 8.06. The van der Waals surface area contributed by atoms with Crippen LogP contribution in [0.2, 0.25) is 0 Å². The zero-order valence-electron chi connectivity index (χ0n) is 18.8. The first-order valence-electron chi connectivity index (χ1n) is 11.2. The third-order valence-electron chi connectivity index (χ3n) is 5.78. The molecule has 4 aromatic carbocycles. The van der Waals surface area contributed by atoms with E-state index in [4.69, 9.17) is 9.17 Å². The van der Waals surface area contributed by atoms with Gasteiger partial charge in [0.05, 0.1) is 11.0 Å². The highest BCUT2D eigenvalue weighted by molar-refractivity contribution is 7.87. The number of aryl methyl sites for hydroxylation is 1. The zero-order valence-corrected chi connectivity index (χ0v) is 19.6. The molecular weight excluding hydrogens is 444 g/mol. The predicted molar refractivity (Wildman–Crippen MR) is 134 cm³/mol. The first-order chi connectivity index (χ1) is 16.5. The van der Waals surface area contributed by atoms with Gasteiger partial charge in [-0.15, -0.1) is 0 Å². The monoisotopic (exact) mass is 468 g/mol. The fourth-order valence-electron chi connectivity index (χ4n) is 3.95. The summed E-state index contributed by atoms with van der Waals surface area (Å²) in [5.41, 5.74) is 5.07. The standard InChI is InChI=1S/C28H24N2O3S/c1-2-21-12-18-25(19-13-21)34(31,32)33-24-16-14-23(15-17-24)28-29-26-10-6-7-11-27(26)30(28)20-22-8-4-3-5-9-22/h3-19H,2,20H2,1H3. The number of fused-ring (bicyclic) bond motifs is 1. The summed E-state index contributed by atoms with van der Waals surface area (Å²) < 4.78 is 32.9. The highest BCUT2D eigenvalue weighted by Gasteiger charge is 2.18. The van der Waals surface area contributed by atoms with E-state index in [0.717, 1.165) is 34.4 Å². The Balaban J connectivity index is 1.45. The number of para-hydroxylation sites is 2. The van der Waals surface area contributed by atoms with Gasteiger partial charge in [-0.2, -0.15) is 8.42 Å². The Hall–Kier alpha value is -3.90. The molecule has 0 bridgehead atoms. The van der Waals surface area contributed by atoms with Gasteiger partial charge in [0.2, 0.25) is 0 Å². The maximum Gasteiger partial charge on any atom is 0.339 e. The van der Waals surface area contributed by atoms with Gasteiger partial charge in [-0.1, -0.05) is 61.5 Å². The van der Waals surface area contributed by atoms with Crippen LogP contribution in [0.3, 0.4) is 0 Å². The Bertz CT molecular complexity index is 1520. The lowest BCUT2D eigenvalue weighted by Gasteiger charge is -2.11. The molecule has 0 radical (unpaired) electrons. The molecule has 5 nitrogen and oxygen atoms in total. The van der Waals surface area contributed by atoms with Gasteiger partial charge in [-0.05, 0) is 66.1 Å². The number of hydrogen-bond acceptors (Lipinski definition) is 4. The molecule has 0 spiro atoms. The molecule has 0 atom stereocenters. The maximum absolute atomic E-state index is 12.7. The molecule has 34 heavy (non-hydrogen) atoms. The maximum atomic E-state index is 12.7. The van der Waals surface area contributed by atoms with Crippen molar-refractivity contribution in [2.24, 2.45) is 0 Å². The van der Waals surface area contributed by atoms with Crippen molar-refractivity contribution in [3.05, 3.63) is 114 Å². The molecule has 0 unspecified atom stereocenters. The Labute approximate surface area is 199 Å². The third kappa shape index (κ3) is 4.45. The summed E-state index contributed by atoms with van der Waals surface area (Å²) in [6.45, 7) is 2.70. The van der Waals surface area contributed by atoms with E-state index in [0.29, 0.717) is 6.54 Å². The lowest BCUT2D eigenvalue weighted by molar-refractivity contribution is 0.486. The molecule has 0 aliphatic heterocycles. The van der Waals surface area contributed by atoms with Crippen LogP contribution in [0, 0.1) is 0 Å². The van der Waals surface area contributed by atoms with Gasteiger partial charge in [0.1, 0.15) is 16.5 Å². The Morgan fingerprint density at radius 2 is 1.44 bits per heavy atom. The van der Waals surface area contributed by atoms with E-state index in [1.165, 1.54) is 5.56 Å². The van der Waals surface area contributed by atoms with Crippen LogP contribution in [0.4, 0.5) is 0 Å². The van der Waals surface area contributed by atoms with Gasteiger partial charge in [0, 0.05) is 12.1 Å². The van der Waals surface area contributed by atoms with E-state index in [1.54, 1.807) is 36.4 Å². The highest BCUT2D eigenvalue weighted by atomic mass is 32.2. The van der Waals surface area contributed by atoms with E-state index < -0.39 is 10.1 Å². The van der Waals surface area contributed by atoms with Crippen molar-refractivity contribution >= 4 is 21.2 Å². The molecule has 0 N–H and O–H groups in total. The Morgan fingerprint density at radius 3 is 2.15 bits per heavy atom. The van der Waals surface area contributed by atoms with Gasteiger partial charge in [0.15, 0.2) is 0 Å². The second kappa shape index (κ2) is 9.15. The van der Waals surface area contributed by atoms with Crippen molar-refractivity contribution in [1.82, 2.24) is 9.55 Å². The van der Waals surface area contributed by atoms with Crippen molar-refractivity contribution in [2.75, 3.05) is 0 Å². The molecule has 1 aromatic heterocycles. The smallest absolute Gasteiger partial charge is 0.339 e. The Morgan fingerprint density at radius 1 is 0.765 bits per heavy atom. The first kappa shape index (κ1) is 21.9. The lowest BCUT2D eigenvalue weighted by atomic mass is 10.2. The Kier molecular flexibility index (Phi) is 5.90. The van der Waals surface area contributed by atoms with Crippen LogP contribution in [0.25, 0.3) is 22.4 Å². The molecule has 1 heterocycles. The van der Waals surface area contributed by atoms with E-state index in [9.17, 15) is 8.42 Å². The van der Waals surface area contributed by atoms with Gasteiger partial charge in [-0.25, -0.2) is 4.98 Å². The van der Waals surface area contributed by atoms with Crippen molar-refractivity contribution in [3.63, 3.8) is 0 Å². The molecule has 0 saturated carbocycles. The average molecular weight is 469 g/mol. The van der Waals surface area contributed by atoms with E-state index in [1.807, 2.05) is 55.5 Å². The van der Waals surface area contributed by atoms with E-state index >= 15 is 0 Å². The van der Waals surface area contributed by atoms with E-state index in [2.05, 4.69) is 22.8 Å². The molecule has 0 aliphatic rings. The molecule has 0 fully saturated rings. The van der Waals surface area contributed by atoms with Crippen molar-refractivity contribution in [1.29, 1.82) is 0 Å². The van der Waals surface area contributed by atoms with Gasteiger partial charge < -0.3 is 8.75 Å². The molecule has 0 aliphatic carbocycles. The summed E-state index contributed by atoms with van der Waals surface area (Å²) in [7, 11) is -3.91. The largest absolute Gasteiger partial charge is 0.379 e. The molecule has 5 rings (SSSR count). The van der Waals surface area contributed by atoms with Crippen molar-refractivity contribution in [2.45, 2.75) is 24.8 Å². The van der Waals surface area contributed by atoms with Gasteiger partial charge in [-0.3, -0.25) is 0 Å². The fraction of sp³-hybridized carbons (Fsp3) is 0.107. The van der Waals surface area contributed by atoms with Crippen LogP contribution in [0.5, 0.6) is 5.75 Å². The topological polar surface area (TPSA) is 61.2 Å². The van der Waals surface area contributed by atoms with Crippen LogP contribution in [-0.2, 0) is 23.1 Å². The number of nitrogens with zero attached hydrogens (tertiary/aromatic N) is 2. The van der Waals surface area contributed by atoms with E-state index in [-0.39, 0.29) is 10.6 Å². The number of imidazole rings is 1. The van der Waals surface area contributed by atoms with Crippen LogP contribution < -0.4 is 4.18 Å². The van der Waals surface area contributed by atoms with Crippen LogP contribution in [0.1, 0.15) is 18.1 Å². The van der Waals surface area contributed by atoms with Crippen LogP contribution in [0.15, 0.2) is 108 Å². The summed E-state index contributed by atoms with van der Waals surface area (Å²) in [5.74, 6) is 1.07. The summed E-state index contributed by atoms with van der Waals surface area (Å²) in [5, 5.41) is 0. The predicted octanol–water partition coefficient (Wildman–Crippen LogP) is 6.08. The fourth-order valence-corrected chi connectivity index (χ4v) is 4.88. The van der Waals surface area contributed by atoms with Crippen LogP contribution >= 0.6 is 0 Å². The second-order valence-corrected chi connectivity index (χ2v) is 9.60. The number of benzene rings is 4. The minimum absolute atomic E-state index is 0.137. The SMILES string of the molecule is CCc1ccc(S(=O)(=O)Oc2ccc(-c3nc4ccccc4n3Cc3ccccc3)cc2)cc1. The average Bonchev–Trinajstić information content (AvgIpc) is 3.23. The number of rotatable bonds is 7. The molecule has 0 saturated heterocycles. The first-order valence-corrected chi connectivity index (χ1v) is 12.6. The quantitative estimate of drug-likeness (QED) is 0.272. The van der Waals surface area contributed by atoms with Crippen molar-refractivity contribution < 1.29 is 12.6 Å². The summed E-state index contributed by atoms with van der Waals surface area (Å²) >= 11 is 0. The molecular formula is C28H24N2O3S.